The Morgan fingerprint density at radius 3 is 2.23 bits per heavy atom. The topological polar surface area (TPSA) is 35.5 Å². The number of carbonyl (C=O) groups excluding carboxylic acids is 1. The number of ether oxygens (including phenoxy) is 2. The summed E-state index contributed by atoms with van der Waals surface area (Å²) in [5.41, 5.74) is 0. The molecule has 0 aliphatic rings. The Morgan fingerprint density at radius 2 is 1.62 bits per heavy atom. The lowest BCUT2D eigenvalue weighted by molar-refractivity contribution is -0.124. The van der Waals surface area contributed by atoms with Crippen molar-refractivity contribution < 1.29 is 14.3 Å². The van der Waals surface area contributed by atoms with Crippen molar-refractivity contribution in [1.29, 1.82) is 0 Å². The van der Waals surface area contributed by atoms with Crippen LogP contribution >= 0.6 is 0 Å². The van der Waals surface area contributed by atoms with Gasteiger partial charge in [0.25, 0.3) is 0 Å². The molecule has 0 saturated carbocycles. The lowest BCUT2D eigenvalue weighted by Crippen LogP contribution is -2.12. The van der Waals surface area contributed by atoms with E-state index >= 15 is 0 Å². The fourth-order valence-electron chi connectivity index (χ4n) is 0.835. The molecule has 0 fully saturated rings. The van der Waals surface area contributed by atoms with Crippen molar-refractivity contribution in [1.82, 2.24) is 0 Å². The van der Waals surface area contributed by atoms with Gasteiger partial charge in [-0.3, -0.25) is 4.79 Å². The third-order valence-corrected chi connectivity index (χ3v) is 1.49. The van der Waals surface area contributed by atoms with E-state index in [0.717, 1.165) is 19.4 Å². The summed E-state index contributed by atoms with van der Waals surface area (Å²) in [5, 5.41) is 0. The summed E-state index contributed by atoms with van der Waals surface area (Å²) >= 11 is 0. The van der Waals surface area contributed by atoms with E-state index in [-0.39, 0.29) is 12.4 Å². The van der Waals surface area contributed by atoms with Crippen LogP contribution in [-0.2, 0) is 14.3 Å². The lowest BCUT2D eigenvalue weighted by Gasteiger charge is -2.02. The summed E-state index contributed by atoms with van der Waals surface area (Å²) in [6.07, 6.45) is 2.43. The van der Waals surface area contributed by atoms with E-state index in [9.17, 15) is 4.79 Å². The minimum absolute atomic E-state index is 0.129. The third kappa shape index (κ3) is 9.50. The molecule has 0 N–H and O–H groups in total. The first kappa shape index (κ1) is 12.6. The van der Waals surface area contributed by atoms with E-state index in [1.165, 1.54) is 0 Å². The molecule has 0 amide bonds. The van der Waals surface area contributed by atoms with E-state index in [0.29, 0.717) is 19.6 Å². The zero-order valence-electron chi connectivity index (χ0n) is 8.67. The molecule has 0 aliphatic carbocycles. The van der Waals surface area contributed by atoms with Gasteiger partial charge in [0.15, 0.2) is 5.78 Å². The zero-order chi connectivity index (χ0) is 9.94. The molecule has 0 radical (unpaired) electrons. The number of Topliss-reactive ketones (excluding diaryl/α,β-unsaturated/α-hetero) is 1. The van der Waals surface area contributed by atoms with Crippen LogP contribution in [0.15, 0.2) is 0 Å². The third-order valence-electron chi connectivity index (χ3n) is 1.49. The van der Waals surface area contributed by atoms with Gasteiger partial charge in [-0.2, -0.15) is 0 Å². The number of carbonyl (C=O) groups is 1. The van der Waals surface area contributed by atoms with Gasteiger partial charge in [-0.25, -0.2) is 0 Å². The van der Waals surface area contributed by atoms with Crippen LogP contribution in [-0.4, -0.2) is 32.2 Å². The second-order valence-corrected chi connectivity index (χ2v) is 2.95. The van der Waals surface area contributed by atoms with E-state index in [1.807, 2.05) is 13.8 Å². The summed E-state index contributed by atoms with van der Waals surface area (Å²) in [4.78, 5) is 11.1. The average Bonchev–Trinajstić information content (AvgIpc) is 2.13. The quantitative estimate of drug-likeness (QED) is 0.517. The monoisotopic (exact) mass is 188 g/mol. The molecule has 13 heavy (non-hydrogen) atoms. The van der Waals surface area contributed by atoms with Crippen molar-refractivity contribution >= 4 is 5.78 Å². The molecule has 0 bridgehead atoms. The highest BCUT2D eigenvalue weighted by Gasteiger charge is 2.00. The minimum atomic E-state index is 0.129. The highest BCUT2D eigenvalue weighted by atomic mass is 16.5. The van der Waals surface area contributed by atoms with Crippen molar-refractivity contribution in [3.8, 4) is 0 Å². The maximum atomic E-state index is 11.1. The van der Waals surface area contributed by atoms with Gasteiger partial charge in [0.1, 0.15) is 6.61 Å². The molecule has 78 valence electrons. The summed E-state index contributed by atoms with van der Waals surface area (Å²) in [6, 6.07) is 0. The smallest absolute Gasteiger partial charge is 0.160 e. The Hall–Kier alpha value is -0.410. The van der Waals surface area contributed by atoms with E-state index in [4.69, 9.17) is 9.47 Å². The molecule has 0 rings (SSSR count). The van der Waals surface area contributed by atoms with Gasteiger partial charge in [-0.1, -0.05) is 13.8 Å². The summed E-state index contributed by atoms with van der Waals surface area (Å²) in [7, 11) is 0. The summed E-state index contributed by atoms with van der Waals surface area (Å²) in [6.45, 7) is 6.25. The average molecular weight is 188 g/mol. The number of rotatable bonds is 9. The van der Waals surface area contributed by atoms with Crippen molar-refractivity contribution in [3.05, 3.63) is 0 Å². The van der Waals surface area contributed by atoms with Crippen LogP contribution in [0.4, 0.5) is 0 Å². The highest BCUT2D eigenvalue weighted by molar-refractivity contribution is 5.79. The number of hydrogen-bond donors (Lipinski definition) is 0. The van der Waals surface area contributed by atoms with Crippen LogP contribution in [0, 0.1) is 0 Å². The lowest BCUT2D eigenvalue weighted by atomic mass is 10.3. The Kier molecular flexibility index (Phi) is 9.37. The molecule has 0 aliphatic heterocycles. The maximum absolute atomic E-state index is 11.1. The molecule has 3 nitrogen and oxygen atoms in total. The van der Waals surface area contributed by atoms with Crippen LogP contribution in [0.5, 0.6) is 0 Å². The Bertz CT molecular complexity index is 123. The molecule has 0 heterocycles. The number of hydrogen-bond acceptors (Lipinski definition) is 3. The van der Waals surface area contributed by atoms with Gasteiger partial charge < -0.3 is 9.47 Å². The predicted octanol–water partition coefficient (Wildman–Crippen LogP) is 1.80. The normalized spacial score (nSPS) is 10.3. The Morgan fingerprint density at radius 1 is 1.00 bits per heavy atom. The second kappa shape index (κ2) is 9.68. The number of ketones is 1. The maximum Gasteiger partial charge on any atom is 0.160 e. The van der Waals surface area contributed by atoms with Crippen LogP contribution in [0.1, 0.15) is 33.1 Å². The van der Waals surface area contributed by atoms with E-state index in [2.05, 4.69) is 0 Å². The molecule has 0 saturated heterocycles. The van der Waals surface area contributed by atoms with Crippen molar-refractivity contribution in [3.63, 3.8) is 0 Å². The second-order valence-electron chi connectivity index (χ2n) is 2.95. The first-order valence-electron chi connectivity index (χ1n) is 4.98. The Labute approximate surface area is 80.4 Å². The van der Waals surface area contributed by atoms with Crippen LogP contribution < -0.4 is 0 Å². The Balaban J connectivity index is 3.11. The van der Waals surface area contributed by atoms with E-state index in [1.54, 1.807) is 0 Å². The molecule has 0 aromatic heterocycles. The largest absolute Gasteiger partial charge is 0.381 e. The van der Waals surface area contributed by atoms with Gasteiger partial charge in [-0.15, -0.1) is 0 Å². The standard InChI is InChI=1S/C10H20O3/c1-3-6-12-8-5-10(11)9-13-7-4-2/h3-9H2,1-2H3. The first-order valence-corrected chi connectivity index (χ1v) is 4.98. The van der Waals surface area contributed by atoms with Gasteiger partial charge in [-0.05, 0) is 12.8 Å². The molecule has 0 aromatic rings. The predicted molar refractivity (Wildman–Crippen MR) is 51.8 cm³/mol. The minimum Gasteiger partial charge on any atom is -0.381 e. The van der Waals surface area contributed by atoms with Crippen LogP contribution in [0.2, 0.25) is 0 Å². The molecular formula is C10H20O3. The molecular weight excluding hydrogens is 168 g/mol. The fraction of sp³-hybridized carbons (Fsp3) is 0.900. The summed E-state index contributed by atoms with van der Waals surface area (Å²) < 4.78 is 10.3. The first-order chi connectivity index (χ1) is 6.31. The molecule has 0 atom stereocenters. The van der Waals surface area contributed by atoms with Gasteiger partial charge in [0.2, 0.25) is 0 Å². The van der Waals surface area contributed by atoms with Gasteiger partial charge >= 0.3 is 0 Å². The summed E-state index contributed by atoms with van der Waals surface area (Å²) in [5.74, 6) is 0.129. The van der Waals surface area contributed by atoms with Crippen molar-refractivity contribution in [2.45, 2.75) is 33.1 Å². The van der Waals surface area contributed by atoms with E-state index < -0.39 is 0 Å². The highest BCUT2D eigenvalue weighted by Crippen LogP contribution is 1.89. The van der Waals surface area contributed by atoms with Crippen molar-refractivity contribution in [2.75, 3.05) is 26.4 Å². The van der Waals surface area contributed by atoms with Crippen LogP contribution in [0.25, 0.3) is 0 Å². The van der Waals surface area contributed by atoms with Gasteiger partial charge in [0.05, 0.1) is 6.61 Å². The van der Waals surface area contributed by atoms with Crippen molar-refractivity contribution in [2.24, 2.45) is 0 Å². The zero-order valence-corrected chi connectivity index (χ0v) is 8.67. The molecule has 0 spiro atoms. The molecule has 0 unspecified atom stereocenters. The van der Waals surface area contributed by atoms with Gasteiger partial charge in [0, 0.05) is 19.6 Å². The fourth-order valence-corrected chi connectivity index (χ4v) is 0.835. The molecule has 0 aromatic carbocycles. The molecule has 3 heteroatoms. The SMILES string of the molecule is CCCOCCC(=O)COCCC. The van der Waals surface area contributed by atoms with Crippen LogP contribution in [0.3, 0.4) is 0 Å².